The molecule has 27 heavy (non-hydrogen) atoms. The lowest BCUT2D eigenvalue weighted by Gasteiger charge is -2.18. The van der Waals surface area contributed by atoms with Gasteiger partial charge in [0.05, 0.1) is 16.5 Å². The second kappa shape index (κ2) is 6.86. The predicted molar refractivity (Wildman–Crippen MR) is 92.5 cm³/mol. The molecule has 0 amide bonds. The molecule has 3 aromatic rings. The number of rotatable bonds is 5. The molecule has 1 aromatic carbocycles. The van der Waals surface area contributed by atoms with E-state index in [2.05, 4.69) is 15.4 Å². The van der Waals surface area contributed by atoms with E-state index in [4.69, 9.17) is 0 Å². The Morgan fingerprint density at radius 3 is 2.70 bits per heavy atom. The zero-order valence-corrected chi connectivity index (χ0v) is 14.5. The number of aryl methyl sites for hydroxylation is 1. The third-order valence-electron chi connectivity index (χ3n) is 4.08. The normalized spacial score (nSPS) is 12.9. The third-order valence-corrected chi connectivity index (χ3v) is 4.08. The second-order valence-electron chi connectivity index (χ2n) is 6.00. The molecule has 2 heterocycles. The first-order valence-electron chi connectivity index (χ1n) is 8.16. The summed E-state index contributed by atoms with van der Waals surface area (Å²) in [5, 5.41) is 18.4. The molecule has 10 heteroatoms. The fraction of sp³-hybridized carbons (Fsp3) is 0.294. The van der Waals surface area contributed by atoms with Crippen molar-refractivity contribution in [3.05, 3.63) is 63.6 Å². The SMILES string of the molecule is CCc1nc(N[C@H](C)c2cc([N+](=O)[O-])cc(C(F)(F)F)c2)c2cccn2n1. The van der Waals surface area contributed by atoms with Gasteiger partial charge in [-0.3, -0.25) is 10.1 Å². The van der Waals surface area contributed by atoms with Crippen LogP contribution in [0, 0.1) is 10.1 Å². The van der Waals surface area contributed by atoms with Crippen LogP contribution in [0.5, 0.6) is 0 Å². The number of nitrogens with zero attached hydrogens (tertiary/aromatic N) is 4. The van der Waals surface area contributed by atoms with E-state index in [0.29, 0.717) is 29.6 Å². The van der Waals surface area contributed by atoms with Crippen LogP contribution < -0.4 is 5.32 Å². The van der Waals surface area contributed by atoms with Crippen molar-refractivity contribution < 1.29 is 18.1 Å². The number of anilines is 1. The molecule has 7 nitrogen and oxygen atoms in total. The van der Waals surface area contributed by atoms with E-state index in [1.165, 1.54) is 0 Å². The van der Waals surface area contributed by atoms with Crippen molar-refractivity contribution in [1.82, 2.24) is 14.6 Å². The summed E-state index contributed by atoms with van der Waals surface area (Å²) >= 11 is 0. The Labute approximate surface area is 152 Å². The summed E-state index contributed by atoms with van der Waals surface area (Å²) in [7, 11) is 0. The number of fused-ring (bicyclic) bond motifs is 1. The molecule has 0 aliphatic heterocycles. The molecule has 1 atom stereocenters. The molecule has 2 aromatic heterocycles. The van der Waals surface area contributed by atoms with E-state index in [1.807, 2.05) is 6.92 Å². The highest BCUT2D eigenvalue weighted by Gasteiger charge is 2.33. The molecular formula is C17H16F3N5O2. The van der Waals surface area contributed by atoms with Crippen LogP contribution in [0.2, 0.25) is 0 Å². The van der Waals surface area contributed by atoms with Gasteiger partial charge in [-0.2, -0.15) is 18.3 Å². The van der Waals surface area contributed by atoms with Crippen LogP contribution >= 0.6 is 0 Å². The number of nitro benzene ring substituents is 1. The van der Waals surface area contributed by atoms with Crippen LogP contribution in [0.15, 0.2) is 36.5 Å². The molecule has 0 fully saturated rings. The van der Waals surface area contributed by atoms with Gasteiger partial charge in [-0.15, -0.1) is 0 Å². The minimum Gasteiger partial charge on any atom is -0.362 e. The van der Waals surface area contributed by atoms with Crippen molar-refractivity contribution in [2.75, 3.05) is 5.32 Å². The average molecular weight is 379 g/mol. The molecule has 0 spiro atoms. The highest BCUT2D eigenvalue weighted by molar-refractivity contribution is 5.68. The summed E-state index contributed by atoms with van der Waals surface area (Å²) in [4.78, 5) is 14.6. The molecule has 142 valence electrons. The van der Waals surface area contributed by atoms with Crippen molar-refractivity contribution >= 4 is 17.0 Å². The van der Waals surface area contributed by atoms with Crippen LogP contribution in [0.4, 0.5) is 24.7 Å². The summed E-state index contributed by atoms with van der Waals surface area (Å²) in [5.41, 5.74) is -0.887. The van der Waals surface area contributed by atoms with E-state index in [-0.39, 0.29) is 5.56 Å². The Bertz CT molecular complexity index is 1000. The number of benzene rings is 1. The number of alkyl halides is 3. The van der Waals surface area contributed by atoms with E-state index >= 15 is 0 Å². The minimum absolute atomic E-state index is 0.137. The van der Waals surface area contributed by atoms with Gasteiger partial charge < -0.3 is 5.32 Å². The van der Waals surface area contributed by atoms with E-state index in [1.54, 1.807) is 29.8 Å². The Morgan fingerprint density at radius 1 is 1.33 bits per heavy atom. The maximum absolute atomic E-state index is 13.1. The van der Waals surface area contributed by atoms with E-state index in [9.17, 15) is 23.3 Å². The van der Waals surface area contributed by atoms with Crippen molar-refractivity contribution in [3.8, 4) is 0 Å². The number of nitro groups is 1. The molecule has 3 rings (SSSR count). The van der Waals surface area contributed by atoms with Gasteiger partial charge in [0, 0.05) is 24.8 Å². The Hall–Kier alpha value is -3.17. The van der Waals surface area contributed by atoms with Crippen molar-refractivity contribution in [3.63, 3.8) is 0 Å². The average Bonchev–Trinajstić information content (AvgIpc) is 3.09. The maximum Gasteiger partial charge on any atom is 0.416 e. The first kappa shape index (κ1) is 18.6. The highest BCUT2D eigenvalue weighted by Crippen LogP contribution is 2.34. The van der Waals surface area contributed by atoms with Gasteiger partial charge in [0.1, 0.15) is 5.52 Å². The maximum atomic E-state index is 13.1. The molecule has 0 radical (unpaired) electrons. The summed E-state index contributed by atoms with van der Waals surface area (Å²) in [6.07, 6.45) is -2.37. The number of hydrogen-bond donors (Lipinski definition) is 1. The summed E-state index contributed by atoms with van der Waals surface area (Å²) in [6.45, 7) is 3.50. The van der Waals surface area contributed by atoms with Gasteiger partial charge in [0.25, 0.3) is 5.69 Å². The third kappa shape index (κ3) is 3.83. The van der Waals surface area contributed by atoms with Gasteiger partial charge in [0.15, 0.2) is 11.6 Å². The lowest BCUT2D eigenvalue weighted by molar-refractivity contribution is -0.385. The quantitative estimate of drug-likeness (QED) is 0.525. The fourth-order valence-corrected chi connectivity index (χ4v) is 2.68. The molecule has 0 unspecified atom stereocenters. The largest absolute Gasteiger partial charge is 0.416 e. The van der Waals surface area contributed by atoms with Crippen LogP contribution in [0.3, 0.4) is 0 Å². The van der Waals surface area contributed by atoms with Crippen LogP contribution in [-0.2, 0) is 12.6 Å². The topological polar surface area (TPSA) is 85.4 Å². The Balaban J connectivity index is 2.01. The van der Waals surface area contributed by atoms with Crippen molar-refractivity contribution in [2.24, 2.45) is 0 Å². The molecule has 1 N–H and O–H groups in total. The van der Waals surface area contributed by atoms with Crippen molar-refractivity contribution in [1.29, 1.82) is 0 Å². The first-order valence-corrected chi connectivity index (χ1v) is 8.16. The Morgan fingerprint density at radius 2 is 2.07 bits per heavy atom. The van der Waals surface area contributed by atoms with Gasteiger partial charge in [0.2, 0.25) is 0 Å². The summed E-state index contributed by atoms with van der Waals surface area (Å²) in [5.74, 6) is 1.00. The second-order valence-corrected chi connectivity index (χ2v) is 6.00. The number of aromatic nitrogens is 3. The first-order chi connectivity index (χ1) is 12.7. The highest BCUT2D eigenvalue weighted by atomic mass is 19.4. The van der Waals surface area contributed by atoms with Crippen LogP contribution in [0.25, 0.3) is 5.52 Å². The van der Waals surface area contributed by atoms with Crippen LogP contribution in [0.1, 0.15) is 36.8 Å². The number of halogens is 3. The molecule has 0 saturated heterocycles. The minimum atomic E-state index is -4.68. The predicted octanol–water partition coefficient (Wildman–Crippen LogP) is 4.39. The molecule has 0 aliphatic rings. The van der Waals surface area contributed by atoms with Gasteiger partial charge >= 0.3 is 6.18 Å². The number of non-ortho nitro benzene ring substituents is 1. The lowest BCUT2D eigenvalue weighted by Crippen LogP contribution is -2.14. The van der Waals surface area contributed by atoms with E-state index < -0.39 is 28.4 Å². The van der Waals surface area contributed by atoms with Crippen molar-refractivity contribution in [2.45, 2.75) is 32.5 Å². The summed E-state index contributed by atoms with van der Waals surface area (Å²) in [6, 6.07) is 5.45. The number of hydrogen-bond acceptors (Lipinski definition) is 5. The zero-order valence-electron chi connectivity index (χ0n) is 14.5. The summed E-state index contributed by atoms with van der Waals surface area (Å²) < 4.78 is 40.9. The molecule has 0 bridgehead atoms. The lowest BCUT2D eigenvalue weighted by atomic mass is 10.0. The van der Waals surface area contributed by atoms with Gasteiger partial charge in [-0.1, -0.05) is 6.92 Å². The number of nitrogens with one attached hydrogen (secondary N) is 1. The fourth-order valence-electron chi connectivity index (χ4n) is 2.68. The molecular weight excluding hydrogens is 363 g/mol. The Kier molecular flexibility index (Phi) is 4.73. The molecule has 0 saturated carbocycles. The van der Waals surface area contributed by atoms with Gasteiger partial charge in [-0.05, 0) is 30.7 Å². The van der Waals surface area contributed by atoms with Gasteiger partial charge in [-0.25, -0.2) is 9.50 Å². The standard InChI is InChI=1S/C17H16F3N5O2/c1-3-15-22-16(14-5-4-6-24(14)23-15)21-10(2)11-7-12(17(18,19)20)9-13(8-11)25(26)27/h4-10H,3H2,1-2H3,(H,21,22,23)/t10-/m1/s1. The monoisotopic (exact) mass is 379 g/mol. The van der Waals surface area contributed by atoms with E-state index in [0.717, 1.165) is 12.1 Å². The smallest absolute Gasteiger partial charge is 0.362 e. The zero-order chi connectivity index (χ0) is 19.8. The van der Waals surface area contributed by atoms with Crippen LogP contribution in [-0.4, -0.2) is 19.5 Å². The molecule has 0 aliphatic carbocycles.